The smallest absolute Gasteiger partial charge is 0.384 e. The van der Waals surface area contributed by atoms with E-state index in [1.54, 1.807) is 0 Å². The van der Waals surface area contributed by atoms with Gasteiger partial charge in [0, 0.05) is 11.4 Å². The average molecular weight is 319 g/mol. The first-order valence-electron chi connectivity index (χ1n) is 3.90. The van der Waals surface area contributed by atoms with E-state index in [2.05, 4.69) is 25.7 Å². The van der Waals surface area contributed by atoms with Crippen LogP contribution in [-0.2, 0) is 5.33 Å². The van der Waals surface area contributed by atoms with Crippen molar-refractivity contribution in [2.45, 2.75) is 11.7 Å². The van der Waals surface area contributed by atoms with Crippen molar-refractivity contribution < 1.29 is 27.2 Å². The highest BCUT2D eigenvalue weighted by Crippen LogP contribution is 2.30. The number of nitrogens with zero attached hydrogens (tertiary/aromatic N) is 2. The number of nitro groups is 1. The van der Waals surface area contributed by atoms with Crippen LogP contribution in [0.15, 0.2) is 6.07 Å². The molecule has 0 N–H and O–H groups in total. The number of hydrogen-bond acceptors (Lipinski definition) is 4. The van der Waals surface area contributed by atoms with Crippen LogP contribution >= 0.6 is 15.9 Å². The summed E-state index contributed by atoms with van der Waals surface area (Å²) in [6, 6.07) is 0.716. The van der Waals surface area contributed by atoms with Crippen molar-refractivity contribution in [1.29, 1.82) is 0 Å². The maximum Gasteiger partial charge on any atom is 0.574 e. The van der Waals surface area contributed by atoms with Crippen molar-refractivity contribution in [3.63, 3.8) is 0 Å². The maximum atomic E-state index is 13.2. The van der Waals surface area contributed by atoms with Crippen LogP contribution in [0.3, 0.4) is 0 Å². The van der Waals surface area contributed by atoms with Crippen LogP contribution < -0.4 is 4.74 Å². The molecule has 0 atom stereocenters. The van der Waals surface area contributed by atoms with E-state index >= 15 is 0 Å². The second-order valence-electron chi connectivity index (χ2n) is 2.69. The summed E-state index contributed by atoms with van der Waals surface area (Å²) in [5, 5.41) is 10.3. The Kier molecular flexibility index (Phi) is 3.86. The van der Waals surface area contributed by atoms with Crippen molar-refractivity contribution in [3.8, 4) is 5.88 Å². The van der Waals surface area contributed by atoms with Crippen LogP contribution in [0.5, 0.6) is 5.88 Å². The standard InChI is InChI=1S/C7H3BrF4N2O3/c8-2-3-1-4(14(15)16)5(9)6(13-3)17-7(10,11)12/h1H,2H2. The van der Waals surface area contributed by atoms with Crippen molar-refractivity contribution >= 4 is 21.6 Å². The third-order valence-electron chi connectivity index (χ3n) is 1.51. The molecule has 0 aliphatic heterocycles. The molecule has 94 valence electrons. The van der Waals surface area contributed by atoms with Crippen LogP contribution in [0.4, 0.5) is 23.2 Å². The Morgan fingerprint density at radius 1 is 1.53 bits per heavy atom. The first-order valence-corrected chi connectivity index (χ1v) is 5.02. The lowest BCUT2D eigenvalue weighted by molar-refractivity contribution is -0.388. The molecule has 0 aromatic carbocycles. The van der Waals surface area contributed by atoms with Crippen LogP contribution in [0, 0.1) is 15.9 Å². The molecule has 5 nitrogen and oxygen atoms in total. The summed E-state index contributed by atoms with van der Waals surface area (Å²) in [4.78, 5) is 12.4. The molecule has 0 amide bonds. The summed E-state index contributed by atoms with van der Waals surface area (Å²) in [6.45, 7) is 0. The number of pyridine rings is 1. The Balaban J connectivity index is 3.29. The van der Waals surface area contributed by atoms with E-state index in [1.807, 2.05) is 0 Å². The van der Waals surface area contributed by atoms with Gasteiger partial charge in [-0.25, -0.2) is 4.98 Å². The minimum Gasteiger partial charge on any atom is -0.384 e. The Morgan fingerprint density at radius 3 is 2.53 bits per heavy atom. The molecule has 1 aromatic heterocycles. The number of ether oxygens (including phenoxy) is 1. The first-order chi connectivity index (χ1) is 7.74. The van der Waals surface area contributed by atoms with E-state index in [-0.39, 0.29) is 11.0 Å². The summed E-state index contributed by atoms with van der Waals surface area (Å²) in [5.41, 5.74) is -1.29. The van der Waals surface area contributed by atoms with Gasteiger partial charge in [0.05, 0.1) is 10.6 Å². The summed E-state index contributed by atoms with van der Waals surface area (Å²) in [7, 11) is 0. The Hall–Kier alpha value is -1.45. The van der Waals surface area contributed by atoms with Crippen molar-refractivity contribution in [2.24, 2.45) is 0 Å². The zero-order valence-electron chi connectivity index (χ0n) is 7.79. The Morgan fingerprint density at radius 2 is 2.12 bits per heavy atom. The molecule has 0 saturated carbocycles. The Bertz CT molecular complexity index is 451. The van der Waals surface area contributed by atoms with E-state index in [0.29, 0.717) is 6.07 Å². The van der Waals surface area contributed by atoms with E-state index in [9.17, 15) is 27.7 Å². The van der Waals surface area contributed by atoms with Gasteiger partial charge in [-0.3, -0.25) is 10.1 Å². The van der Waals surface area contributed by atoms with Gasteiger partial charge >= 0.3 is 12.0 Å². The van der Waals surface area contributed by atoms with Gasteiger partial charge in [0.2, 0.25) is 0 Å². The van der Waals surface area contributed by atoms with E-state index in [0.717, 1.165) is 0 Å². The number of aromatic nitrogens is 1. The highest BCUT2D eigenvalue weighted by molar-refractivity contribution is 9.08. The molecule has 0 fully saturated rings. The topological polar surface area (TPSA) is 65.3 Å². The minimum absolute atomic E-state index is 0.0810. The van der Waals surface area contributed by atoms with Gasteiger partial charge in [-0.1, -0.05) is 15.9 Å². The van der Waals surface area contributed by atoms with Crippen molar-refractivity contribution in [3.05, 3.63) is 27.7 Å². The molecule has 1 aromatic rings. The van der Waals surface area contributed by atoms with Crippen LogP contribution in [0.2, 0.25) is 0 Å². The second-order valence-corrected chi connectivity index (χ2v) is 3.25. The highest BCUT2D eigenvalue weighted by Gasteiger charge is 2.35. The van der Waals surface area contributed by atoms with Gasteiger partial charge in [0.25, 0.3) is 11.7 Å². The monoisotopic (exact) mass is 318 g/mol. The van der Waals surface area contributed by atoms with Gasteiger partial charge in [-0.2, -0.15) is 4.39 Å². The number of halogens is 5. The first kappa shape index (κ1) is 13.6. The fourth-order valence-corrected chi connectivity index (χ4v) is 1.21. The summed E-state index contributed by atoms with van der Waals surface area (Å²) >= 11 is 2.83. The molecule has 0 saturated heterocycles. The van der Waals surface area contributed by atoms with Crippen LogP contribution in [0.1, 0.15) is 5.69 Å². The number of rotatable bonds is 3. The van der Waals surface area contributed by atoms with Gasteiger partial charge < -0.3 is 4.74 Å². The lowest BCUT2D eigenvalue weighted by Crippen LogP contribution is -2.19. The predicted octanol–water partition coefficient (Wildman–Crippen LogP) is 2.92. The van der Waals surface area contributed by atoms with E-state index in [4.69, 9.17) is 0 Å². The normalized spacial score (nSPS) is 11.4. The third kappa shape index (κ3) is 3.51. The van der Waals surface area contributed by atoms with E-state index in [1.165, 1.54) is 0 Å². The molecule has 0 radical (unpaired) electrons. The number of hydrogen-bond donors (Lipinski definition) is 0. The number of alkyl halides is 4. The van der Waals surface area contributed by atoms with Gasteiger partial charge in [-0.05, 0) is 0 Å². The fourth-order valence-electron chi connectivity index (χ4n) is 0.921. The molecule has 0 aliphatic rings. The summed E-state index contributed by atoms with van der Waals surface area (Å²) in [5.74, 6) is -3.24. The molecule has 0 spiro atoms. The molecule has 17 heavy (non-hydrogen) atoms. The van der Waals surface area contributed by atoms with Crippen molar-refractivity contribution in [1.82, 2.24) is 4.98 Å². The predicted molar refractivity (Wildman–Crippen MR) is 50.2 cm³/mol. The molecule has 0 aliphatic carbocycles. The average Bonchev–Trinajstić information content (AvgIpc) is 2.18. The van der Waals surface area contributed by atoms with Gasteiger partial charge in [-0.15, -0.1) is 13.2 Å². The zero-order valence-corrected chi connectivity index (χ0v) is 9.38. The summed E-state index contributed by atoms with van der Waals surface area (Å²) < 4.78 is 52.1. The Labute approximate surface area is 99.7 Å². The maximum absolute atomic E-state index is 13.2. The zero-order chi connectivity index (χ0) is 13.2. The molecule has 1 heterocycles. The lowest BCUT2D eigenvalue weighted by atomic mass is 10.3. The van der Waals surface area contributed by atoms with Gasteiger partial charge in [0.1, 0.15) is 0 Å². The van der Waals surface area contributed by atoms with Crippen molar-refractivity contribution in [2.75, 3.05) is 0 Å². The molecule has 10 heteroatoms. The van der Waals surface area contributed by atoms with Gasteiger partial charge in [0.15, 0.2) is 0 Å². The lowest BCUT2D eigenvalue weighted by Gasteiger charge is -2.09. The fraction of sp³-hybridized carbons (Fsp3) is 0.286. The molecule has 0 unspecified atom stereocenters. The second kappa shape index (κ2) is 4.82. The molecular weight excluding hydrogens is 316 g/mol. The van der Waals surface area contributed by atoms with E-state index < -0.39 is 28.7 Å². The third-order valence-corrected chi connectivity index (χ3v) is 2.08. The quantitative estimate of drug-likeness (QED) is 0.372. The molecule has 0 bridgehead atoms. The largest absolute Gasteiger partial charge is 0.574 e. The van der Waals surface area contributed by atoms with Crippen LogP contribution in [0.25, 0.3) is 0 Å². The highest BCUT2D eigenvalue weighted by atomic mass is 79.9. The molecule has 1 rings (SSSR count). The molecular formula is C7H3BrF4N2O3. The van der Waals surface area contributed by atoms with Crippen LogP contribution in [-0.4, -0.2) is 16.3 Å². The minimum atomic E-state index is -5.17. The SMILES string of the molecule is O=[N+]([O-])c1cc(CBr)nc(OC(F)(F)F)c1F. The summed E-state index contributed by atoms with van der Waals surface area (Å²) in [6.07, 6.45) is -5.17.